The van der Waals surface area contributed by atoms with E-state index in [-0.39, 0.29) is 23.3 Å². The van der Waals surface area contributed by atoms with E-state index in [1.165, 1.54) is 11.1 Å². The fraction of sp³-hybridized carbons (Fsp3) is 0.417. The van der Waals surface area contributed by atoms with Crippen molar-refractivity contribution in [3.63, 3.8) is 0 Å². The molecule has 2 aromatic rings. The van der Waals surface area contributed by atoms with E-state index >= 15 is 0 Å². The van der Waals surface area contributed by atoms with Crippen molar-refractivity contribution < 1.29 is 9.59 Å². The lowest BCUT2D eigenvalue weighted by molar-refractivity contribution is -0.135. The van der Waals surface area contributed by atoms with Crippen LogP contribution in [0.5, 0.6) is 0 Å². The molecule has 1 aliphatic heterocycles. The molecule has 0 radical (unpaired) electrons. The predicted octanol–water partition coefficient (Wildman–Crippen LogP) is 4.43. The van der Waals surface area contributed by atoms with Gasteiger partial charge in [-0.2, -0.15) is 0 Å². The molecule has 1 saturated carbocycles. The van der Waals surface area contributed by atoms with Gasteiger partial charge in [0.25, 0.3) is 0 Å². The van der Waals surface area contributed by atoms with E-state index in [4.69, 9.17) is 0 Å². The monoisotopic (exact) mass is 454 g/mol. The number of benzene rings is 2. The van der Waals surface area contributed by atoms with Crippen molar-refractivity contribution in [2.45, 2.75) is 44.1 Å². The summed E-state index contributed by atoms with van der Waals surface area (Å²) in [6.07, 6.45) is 4.80. The van der Waals surface area contributed by atoms with Crippen LogP contribution in [0.4, 0.5) is 0 Å². The summed E-state index contributed by atoms with van der Waals surface area (Å²) < 4.78 is 1.05. The van der Waals surface area contributed by atoms with Crippen LogP contribution >= 0.6 is 15.9 Å². The first-order chi connectivity index (χ1) is 14.1. The molecule has 1 aliphatic carbocycles. The summed E-state index contributed by atoms with van der Waals surface area (Å²) in [5.74, 6) is 0.337. The number of nitrogens with zero attached hydrogens (tertiary/aromatic N) is 1. The Kier molecular flexibility index (Phi) is 6.04. The maximum absolute atomic E-state index is 12.9. The van der Waals surface area contributed by atoms with E-state index < -0.39 is 0 Å². The zero-order valence-corrected chi connectivity index (χ0v) is 18.2. The number of halogens is 1. The van der Waals surface area contributed by atoms with Gasteiger partial charge in [-0.05, 0) is 55.4 Å². The SMILES string of the molecule is O=C(NC1(c2ccc(Br)cc2)CC1)C1CCN(C(=O)CCc2ccccc2)CC1. The van der Waals surface area contributed by atoms with Gasteiger partial charge in [0, 0.05) is 29.9 Å². The van der Waals surface area contributed by atoms with Gasteiger partial charge in [-0.25, -0.2) is 0 Å². The van der Waals surface area contributed by atoms with Crippen molar-refractivity contribution in [1.82, 2.24) is 10.2 Å². The molecule has 2 fully saturated rings. The van der Waals surface area contributed by atoms with E-state index in [0.29, 0.717) is 19.5 Å². The van der Waals surface area contributed by atoms with Crippen LogP contribution in [-0.2, 0) is 21.5 Å². The van der Waals surface area contributed by atoms with Crippen LogP contribution in [-0.4, -0.2) is 29.8 Å². The van der Waals surface area contributed by atoms with Crippen molar-refractivity contribution in [2.75, 3.05) is 13.1 Å². The Bertz CT molecular complexity index is 854. The minimum absolute atomic E-state index is 0.00102. The molecule has 152 valence electrons. The molecule has 5 heteroatoms. The quantitative estimate of drug-likeness (QED) is 0.701. The Labute approximate surface area is 180 Å². The van der Waals surface area contributed by atoms with Crippen LogP contribution in [0.1, 0.15) is 43.2 Å². The smallest absolute Gasteiger partial charge is 0.223 e. The molecular formula is C24H27BrN2O2. The zero-order valence-electron chi connectivity index (χ0n) is 16.6. The zero-order chi connectivity index (χ0) is 20.3. The number of piperidine rings is 1. The standard InChI is InChI=1S/C24H27BrN2O2/c25-21-9-7-20(8-10-21)24(14-15-24)26-23(29)19-12-16-27(17-13-19)22(28)11-6-18-4-2-1-3-5-18/h1-5,7-10,19H,6,11-17H2,(H,26,29). The summed E-state index contributed by atoms with van der Waals surface area (Å²) in [5, 5.41) is 3.31. The second kappa shape index (κ2) is 8.70. The summed E-state index contributed by atoms with van der Waals surface area (Å²) in [4.78, 5) is 27.3. The number of rotatable bonds is 6. The highest BCUT2D eigenvalue weighted by atomic mass is 79.9. The van der Waals surface area contributed by atoms with Crippen LogP contribution in [0.15, 0.2) is 59.1 Å². The molecule has 0 atom stereocenters. The molecule has 2 aliphatic rings. The number of hydrogen-bond donors (Lipinski definition) is 1. The molecule has 29 heavy (non-hydrogen) atoms. The summed E-state index contributed by atoms with van der Waals surface area (Å²) in [7, 11) is 0. The molecule has 0 aromatic heterocycles. The first-order valence-corrected chi connectivity index (χ1v) is 11.2. The third kappa shape index (κ3) is 4.89. The number of hydrogen-bond acceptors (Lipinski definition) is 2. The maximum atomic E-state index is 12.9. The van der Waals surface area contributed by atoms with E-state index in [1.807, 2.05) is 35.2 Å². The van der Waals surface area contributed by atoms with Gasteiger partial charge in [-0.3, -0.25) is 9.59 Å². The highest BCUT2D eigenvalue weighted by molar-refractivity contribution is 9.10. The van der Waals surface area contributed by atoms with E-state index in [9.17, 15) is 9.59 Å². The number of aryl methyl sites for hydroxylation is 1. The van der Waals surface area contributed by atoms with Gasteiger partial charge in [0.1, 0.15) is 0 Å². The number of nitrogens with one attached hydrogen (secondary N) is 1. The fourth-order valence-corrected chi connectivity index (χ4v) is 4.43. The van der Waals surface area contributed by atoms with Gasteiger partial charge in [0.05, 0.1) is 5.54 Å². The van der Waals surface area contributed by atoms with Gasteiger partial charge >= 0.3 is 0 Å². The van der Waals surface area contributed by atoms with Crippen molar-refractivity contribution >= 4 is 27.7 Å². The normalized spacial score (nSPS) is 18.3. The highest BCUT2D eigenvalue weighted by Crippen LogP contribution is 2.46. The summed E-state index contributed by atoms with van der Waals surface area (Å²) in [5.41, 5.74) is 2.20. The first kappa shape index (κ1) is 20.1. The van der Waals surface area contributed by atoms with Crippen molar-refractivity contribution in [2.24, 2.45) is 5.92 Å². The van der Waals surface area contributed by atoms with E-state index in [2.05, 4.69) is 45.5 Å². The second-order valence-electron chi connectivity index (χ2n) is 8.22. The first-order valence-electron chi connectivity index (χ1n) is 10.5. The molecule has 1 N–H and O–H groups in total. The summed E-state index contributed by atoms with van der Waals surface area (Å²) in [6.45, 7) is 1.36. The third-order valence-corrected chi connectivity index (χ3v) is 6.73. The Morgan fingerprint density at radius 2 is 1.66 bits per heavy atom. The summed E-state index contributed by atoms with van der Waals surface area (Å²) >= 11 is 3.47. The fourth-order valence-electron chi connectivity index (χ4n) is 4.16. The Balaban J connectivity index is 1.25. The predicted molar refractivity (Wildman–Crippen MR) is 117 cm³/mol. The average molecular weight is 455 g/mol. The Morgan fingerprint density at radius 3 is 2.28 bits per heavy atom. The van der Waals surface area contributed by atoms with Crippen LogP contribution in [0.2, 0.25) is 0 Å². The third-order valence-electron chi connectivity index (χ3n) is 6.20. The van der Waals surface area contributed by atoms with Gasteiger partial charge in [-0.1, -0.05) is 58.4 Å². The maximum Gasteiger partial charge on any atom is 0.223 e. The second-order valence-corrected chi connectivity index (χ2v) is 9.13. The van der Waals surface area contributed by atoms with Crippen molar-refractivity contribution in [3.05, 3.63) is 70.2 Å². The molecule has 1 heterocycles. The molecule has 0 bridgehead atoms. The van der Waals surface area contributed by atoms with Gasteiger partial charge < -0.3 is 10.2 Å². The minimum Gasteiger partial charge on any atom is -0.346 e. The molecule has 1 saturated heterocycles. The van der Waals surface area contributed by atoms with Crippen LogP contribution < -0.4 is 5.32 Å². The Hall–Kier alpha value is -2.14. The van der Waals surface area contributed by atoms with Gasteiger partial charge in [0.2, 0.25) is 11.8 Å². The molecular weight excluding hydrogens is 428 g/mol. The molecule has 4 rings (SSSR count). The van der Waals surface area contributed by atoms with Gasteiger partial charge in [-0.15, -0.1) is 0 Å². The van der Waals surface area contributed by atoms with Crippen LogP contribution in [0.25, 0.3) is 0 Å². The number of likely N-dealkylation sites (tertiary alicyclic amines) is 1. The van der Waals surface area contributed by atoms with Crippen molar-refractivity contribution in [1.29, 1.82) is 0 Å². The summed E-state index contributed by atoms with van der Waals surface area (Å²) in [6, 6.07) is 18.4. The van der Waals surface area contributed by atoms with E-state index in [1.54, 1.807) is 0 Å². The Morgan fingerprint density at radius 1 is 1.00 bits per heavy atom. The number of carbonyl (C=O) groups excluding carboxylic acids is 2. The van der Waals surface area contributed by atoms with Crippen LogP contribution in [0.3, 0.4) is 0 Å². The van der Waals surface area contributed by atoms with E-state index in [0.717, 1.165) is 36.6 Å². The average Bonchev–Trinajstić information content (AvgIpc) is 3.54. The largest absolute Gasteiger partial charge is 0.346 e. The lowest BCUT2D eigenvalue weighted by Crippen LogP contribution is -2.45. The number of amides is 2. The topological polar surface area (TPSA) is 49.4 Å². The molecule has 4 nitrogen and oxygen atoms in total. The molecule has 2 amide bonds. The number of carbonyl (C=O) groups is 2. The lowest BCUT2D eigenvalue weighted by Gasteiger charge is -2.32. The molecule has 0 spiro atoms. The van der Waals surface area contributed by atoms with Gasteiger partial charge in [0.15, 0.2) is 0 Å². The lowest BCUT2D eigenvalue weighted by atomic mass is 9.94. The highest BCUT2D eigenvalue weighted by Gasteiger charge is 2.46. The minimum atomic E-state index is -0.180. The molecule has 0 unspecified atom stereocenters. The van der Waals surface area contributed by atoms with Crippen LogP contribution in [0, 0.1) is 5.92 Å². The molecule has 2 aromatic carbocycles. The van der Waals surface area contributed by atoms with Crippen molar-refractivity contribution in [3.8, 4) is 0 Å².